The first-order valence-corrected chi connectivity index (χ1v) is 9.28. The van der Waals surface area contributed by atoms with Gasteiger partial charge in [-0.15, -0.1) is 0 Å². The third kappa shape index (κ3) is 4.85. The summed E-state index contributed by atoms with van der Waals surface area (Å²) in [5, 5.41) is 3.75. The number of hydrogen-bond acceptors (Lipinski definition) is 3. The van der Waals surface area contributed by atoms with Crippen LogP contribution in [0.3, 0.4) is 0 Å². The van der Waals surface area contributed by atoms with Gasteiger partial charge in [0.2, 0.25) is 11.8 Å². The molecule has 1 heterocycles. The van der Waals surface area contributed by atoms with Gasteiger partial charge in [0, 0.05) is 24.2 Å². The number of hydrogen-bond donors (Lipinski definition) is 1. The van der Waals surface area contributed by atoms with Crippen molar-refractivity contribution in [3.8, 4) is 11.6 Å². The average Bonchev–Trinajstić information content (AvgIpc) is 3.36. The van der Waals surface area contributed by atoms with Crippen molar-refractivity contribution in [3.63, 3.8) is 0 Å². The number of aromatic nitrogens is 1. The van der Waals surface area contributed by atoms with Crippen LogP contribution in [0.25, 0.3) is 6.08 Å². The number of pyridine rings is 1. The van der Waals surface area contributed by atoms with E-state index >= 15 is 0 Å². The van der Waals surface area contributed by atoms with Crippen molar-refractivity contribution in [2.24, 2.45) is 0 Å². The maximum absolute atomic E-state index is 11.2. The lowest BCUT2D eigenvalue weighted by molar-refractivity contribution is -0.119. The Bertz CT molecular complexity index is 811. The zero-order chi connectivity index (χ0) is 18.6. The van der Waals surface area contributed by atoms with Gasteiger partial charge in [0.15, 0.2) is 0 Å². The zero-order valence-corrected chi connectivity index (χ0v) is 15.8. The van der Waals surface area contributed by atoms with E-state index in [1.807, 2.05) is 42.5 Å². The normalized spacial score (nSPS) is 15.0. The molecule has 5 heteroatoms. The summed E-state index contributed by atoms with van der Waals surface area (Å²) in [4.78, 5) is 15.6. The van der Waals surface area contributed by atoms with Crippen LogP contribution in [0.2, 0.25) is 5.02 Å². The maximum atomic E-state index is 11.2. The van der Waals surface area contributed by atoms with Crippen LogP contribution in [0.5, 0.6) is 11.6 Å². The molecule has 1 saturated carbocycles. The molecule has 3 rings (SSSR count). The first kappa shape index (κ1) is 18.5. The summed E-state index contributed by atoms with van der Waals surface area (Å²) in [6.45, 7) is 3.67. The Morgan fingerprint density at radius 3 is 2.77 bits per heavy atom. The third-order valence-electron chi connectivity index (χ3n) is 4.33. The second kappa shape index (κ2) is 7.92. The third-order valence-corrected chi connectivity index (χ3v) is 4.70. The van der Waals surface area contributed by atoms with Gasteiger partial charge in [0.25, 0.3) is 0 Å². The highest BCUT2D eigenvalue weighted by atomic mass is 35.5. The zero-order valence-electron chi connectivity index (χ0n) is 15.1. The predicted molar refractivity (Wildman–Crippen MR) is 105 cm³/mol. The van der Waals surface area contributed by atoms with Gasteiger partial charge in [-0.2, -0.15) is 0 Å². The number of amides is 1. The minimum absolute atomic E-state index is 0.000528. The van der Waals surface area contributed by atoms with Gasteiger partial charge >= 0.3 is 0 Å². The highest BCUT2D eigenvalue weighted by molar-refractivity contribution is 6.31. The number of nitrogens with one attached hydrogen (secondary N) is 1. The van der Waals surface area contributed by atoms with Crippen molar-refractivity contribution in [2.45, 2.75) is 45.1 Å². The summed E-state index contributed by atoms with van der Waals surface area (Å²) in [6, 6.07) is 9.46. The molecule has 1 aliphatic carbocycles. The fraction of sp³-hybridized carbons (Fsp3) is 0.333. The van der Waals surface area contributed by atoms with Crippen molar-refractivity contribution >= 4 is 23.6 Å². The highest BCUT2D eigenvalue weighted by Gasteiger charge is 2.40. The largest absolute Gasteiger partial charge is 0.439 e. The van der Waals surface area contributed by atoms with E-state index < -0.39 is 0 Å². The second-order valence-corrected chi connectivity index (χ2v) is 7.11. The number of carbonyl (C=O) groups excluding carboxylic acids is 1. The van der Waals surface area contributed by atoms with E-state index in [0.29, 0.717) is 5.88 Å². The summed E-state index contributed by atoms with van der Waals surface area (Å²) in [5.41, 5.74) is 1.88. The molecule has 1 amide bonds. The molecule has 1 N–H and O–H groups in total. The van der Waals surface area contributed by atoms with Crippen LogP contribution in [0, 0.1) is 0 Å². The molecule has 136 valence electrons. The predicted octanol–water partition coefficient (Wildman–Crippen LogP) is 5.16. The summed E-state index contributed by atoms with van der Waals surface area (Å²) in [7, 11) is 0. The Balaban J connectivity index is 1.65. The van der Waals surface area contributed by atoms with Crippen molar-refractivity contribution in [3.05, 3.63) is 58.8 Å². The summed E-state index contributed by atoms with van der Waals surface area (Å²) < 4.78 is 5.83. The molecule has 0 unspecified atom stereocenters. The number of aryl methyl sites for hydroxylation is 1. The van der Waals surface area contributed by atoms with Crippen molar-refractivity contribution in [2.75, 3.05) is 0 Å². The van der Waals surface area contributed by atoms with E-state index in [1.165, 1.54) is 0 Å². The van der Waals surface area contributed by atoms with Crippen molar-refractivity contribution in [1.29, 1.82) is 0 Å². The summed E-state index contributed by atoms with van der Waals surface area (Å²) in [5.74, 6) is 1.27. The number of ether oxygens (including phenoxy) is 1. The Kier molecular flexibility index (Phi) is 5.62. The molecule has 0 saturated heterocycles. The van der Waals surface area contributed by atoms with E-state index in [1.54, 1.807) is 13.1 Å². The van der Waals surface area contributed by atoms with Gasteiger partial charge in [-0.3, -0.25) is 4.79 Å². The molecular weight excluding hydrogens is 348 g/mol. The molecule has 0 atom stereocenters. The maximum Gasteiger partial charge on any atom is 0.219 e. The summed E-state index contributed by atoms with van der Waals surface area (Å²) in [6.07, 6.45) is 9.70. The molecule has 1 fully saturated rings. The van der Waals surface area contributed by atoms with Gasteiger partial charge < -0.3 is 10.1 Å². The number of rotatable bonds is 7. The fourth-order valence-electron chi connectivity index (χ4n) is 2.82. The van der Waals surface area contributed by atoms with Gasteiger partial charge in [-0.1, -0.05) is 37.1 Å². The quantitative estimate of drug-likeness (QED) is 0.732. The SMILES string of the molecule is CCCc1cc(Oc2ccc(/C=C/C3(NC(C)=O)CC3)cn2)ccc1Cl. The molecule has 2 aromatic rings. The first-order chi connectivity index (χ1) is 12.5. The van der Waals surface area contributed by atoms with Gasteiger partial charge in [0.1, 0.15) is 5.75 Å². The molecular formula is C21H23ClN2O2. The molecule has 26 heavy (non-hydrogen) atoms. The second-order valence-electron chi connectivity index (χ2n) is 6.71. The number of benzene rings is 1. The lowest BCUT2D eigenvalue weighted by atomic mass is 10.1. The van der Waals surface area contributed by atoms with E-state index in [0.717, 1.165) is 47.6 Å². The van der Waals surface area contributed by atoms with E-state index in [2.05, 4.69) is 17.2 Å². The van der Waals surface area contributed by atoms with Crippen LogP contribution in [0.4, 0.5) is 0 Å². The molecule has 0 aliphatic heterocycles. The van der Waals surface area contributed by atoms with Crippen LogP contribution in [-0.4, -0.2) is 16.4 Å². The van der Waals surface area contributed by atoms with Crippen LogP contribution >= 0.6 is 11.6 Å². The van der Waals surface area contributed by atoms with Crippen LogP contribution in [0.1, 0.15) is 44.2 Å². The molecule has 1 aromatic carbocycles. The standard InChI is InChI=1S/C21H23ClN2O2/c1-3-4-17-13-18(6-7-19(17)22)26-20-8-5-16(14-23-20)9-10-21(11-12-21)24-15(2)25/h5-10,13-14H,3-4,11-12H2,1-2H3,(H,24,25)/b10-9+. The Morgan fingerprint density at radius 1 is 1.35 bits per heavy atom. The summed E-state index contributed by atoms with van der Waals surface area (Å²) >= 11 is 6.20. The molecule has 1 aliphatic rings. The number of halogens is 1. The molecule has 4 nitrogen and oxygen atoms in total. The highest BCUT2D eigenvalue weighted by Crippen LogP contribution is 2.37. The van der Waals surface area contributed by atoms with Crippen LogP contribution in [-0.2, 0) is 11.2 Å². The monoisotopic (exact) mass is 370 g/mol. The first-order valence-electron chi connectivity index (χ1n) is 8.90. The minimum Gasteiger partial charge on any atom is -0.439 e. The lowest BCUT2D eigenvalue weighted by Gasteiger charge is -2.10. The molecule has 0 radical (unpaired) electrons. The smallest absolute Gasteiger partial charge is 0.219 e. The lowest BCUT2D eigenvalue weighted by Crippen LogP contribution is -2.33. The Hall–Kier alpha value is -2.33. The van der Waals surface area contributed by atoms with Gasteiger partial charge in [-0.05, 0) is 54.7 Å². The van der Waals surface area contributed by atoms with E-state index in [9.17, 15) is 4.79 Å². The van der Waals surface area contributed by atoms with Gasteiger partial charge in [-0.25, -0.2) is 4.98 Å². The Morgan fingerprint density at radius 2 is 2.15 bits per heavy atom. The van der Waals surface area contributed by atoms with Crippen LogP contribution in [0.15, 0.2) is 42.6 Å². The fourth-order valence-corrected chi connectivity index (χ4v) is 3.03. The number of nitrogens with zero attached hydrogens (tertiary/aromatic N) is 1. The molecule has 0 bridgehead atoms. The number of carbonyl (C=O) groups is 1. The minimum atomic E-state index is -0.167. The van der Waals surface area contributed by atoms with Crippen molar-refractivity contribution < 1.29 is 9.53 Å². The average molecular weight is 371 g/mol. The van der Waals surface area contributed by atoms with Gasteiger partial charge in [0.05, 0.1) is 5.54 Å². The Labute approximate surface area is 159 Å². The van der Waals surface area contributed by atoms with E-state index in [-0.39, 0.29) is 11.4 Å². The van der Waals surface area contributed by atoms with E-state index in [4.69, 9.17) is 16.3 Å². The van der Waals surface area contributed by atoms with Crippen molar-refractivity contribution in [1.82, 2.24) is 10.3 Å². The topological polar surface area (TPSA) is 51.2 Å². The van der Waals surface area contributed by atoms with Crippen LogP contribution < -0.4 is 10.1 Å². The molecule has 1 aromatic heterocycles. The molecule has 0 spiro atoms.